The normalized spacial score (nSPS) is 19.8. The number of amides is 3. The Morgan fingerprint density at radius 1 is 1.04 bits per heavy atom. The van der Waals surface area contributed by atoms with Gasteiger partial charge in [0, 0.05) is 44.0 Å². The average molecular weight is 765 g/mol. The zero-order valence-corrected chi connectivity index (χ0v) is 31.2. The molecule has 290 valence electrons. The minimum atomic E-state index is -4.52. The number of benzene rings is 3. The molecule has 12 nitrogen and oxygen atoms in total. The second-order valence-electron chi connectivity index (χ2n) is 13.1. The number of alkyl halides is 3. The number of aliphatic hydroxyl groups is 1. The number of rotatable bonds is 9. The van der Waals surface area contributed by atoms with E-state index >= 15 is 0 Å². The van der Waals surface area contributed by atoms with Crippen LogP contribution in [0.15, 0.2) is 71.6 Å². The molecular weight excluding hydrogens is 717 g/mol. The number of hydrogen-bond acceptors (Lipinski definition) is 8. The van der Waals surface area contributed by atoms with Crippen molar-refractivity contribution < 1.29 is 50.5 Å². The van der Waals surface area contributed by atoms with E-state index in [0.717, 1.165) is 30.7 Å². The van der Waals surface area contributed by atoms with Gasteiger partial charge in [-0.2, -0.15) is 17.5 Å². The van der Waals surface area contributed by atoms with E-state index in [0.29, 0.717) is 25.2 Å². The van der Waals surface area contributed by atoms with E-state index in [1.807, 2.05) is 13.8 Å². The summed E-state index contributed by atoms with van der Waals surface area (Å²) in [5.74, 6) is -0.150. The molecule has 0 fully saturated rings. The van der Waals surface area contributed by atoms with Crippen LogP contribution in [0.25, 0.3) is 0 Å². The molecule has 3 aromatic rings. The van der Waals surface area contributed by atoms with Crippen molar-refractivity contribution in [3.05, 3.63) is 77.9 Å². The number of halogens is 3. The van der Waals surface area contributed by atoms with Crippen molar-refractivity contribution >= 4 is 33.3 Å². The molecule has 0 saturated carbocycles. The largest absolute Gasteiger partial charge is 0.497 e. The van der Waals surface area contributed by atoms with Crippen molar-refractivity contribution in [2.75, 3.05) is 51.1 Å². The van der Waals surface area contributed by atoms with Crippen molar-refractivity contribution in [1.82, 2.24) is 9.21 Å². The summed E-state index contributed by atoms with van der Waals surface area (Å²) in [6.07, 6.45) is -3.45. The SMILES string of the molecule is COc1ccc(S(=O)(=O)N(C)C[C@@H]2OCCCC[C@H](C)Oc3ccc(NC(=O)Nc4ccc(C(F)(F)F)cc4)cc3C(=O)N([C@@H](C)CO)C[C@H]2C)cc1. The maximum atomic E-state index is 14.4. The molecule has 53 heavy (non-hydrogen) atoms. The van der Waals surface area contributed by atoms with Crippen molar-refractivity contribution in [2.45, 2.75) is 69.4 Å². The van der Waals surface area contributed by atoms with E-state index in [-0.39, 0.29) is 53.4 Å². The molecule has 3 N–H and O–H groups in total. The molecule has 0 aliphatic carbocycles. The van der Waals surface area contributed by atoms with Crippen LogP contribution in [0.1, 0.15) is 56.0 Å². The maximum absolute atomic E-state index is 14.4. The van der Waals surface area contributed by atoms with Gasteiger partial charge >= 0.3 is 12.2 Å². The van der Waals surface area contributed by atoms with E-state index in [4.69, 9.17) is 14.2 Å². The van der Waals surface area contributed by atoms with Gasteiger partial charge < -0.3 is 34.9 Å². The number of methoxy groups -OCH3 is 1. The number of likely N-dealkylation sites (N-methyl/N-ethyl adjacent to an activating group) is 1. The number of aliphatic hydroxyl groups excluding tert-OH is 1. The number of urea groups is 1. The van der Waals surface area contributed by atoms with Crippen LogP contribution in [0.2, 0.25) is 0 Å². The van der Waals surface area contributed by atoms with Gasteiger partial charge in [0.05, 0.1) is 48.0 Å². The first-order chi connectivity index (χ1) is 25.0. The molecule has 0 radical (unpaired) electrons. The number of sulfonamides is 1. The summed E-state index contributed by atoms with van der Waals surface area (Å²) in [6.45, 7) is 5.41. The van der Waals surface area contributed by atoms with Crippen LogP contribution in [0.5, 0.6) is 11.5 Å². The van der Waals surface area contributed by atoms with Gasteiger partial charge in [-0.3, -0.25) is 4.79 Å². The standard InChI is InChI=1S/C37H47F3N4O8S/c1-24-21-44(25(2)23-45)35(46)32-20-29(42-36(47)41-28-11-9-27(10-12-28)37(38,39)40)13-18-33(32)52-26(3)8-6-7-19-51-34(24)22-43(4)53(48,49)31-16-14-30(50-5)15-17-31/h9-18,20,24-26,34,45H,6-8,19,21-23H2,1-5H3,(H2,41,42,47)/t24-,25+,26+,34+/m1/s1. The maximum Gasteiger partial charge on any atom is 0.416 e. The van der Waals surface area contributed by atoms with Crippen LogP contribution >= 0.6 is 0 Å². The minimum absolute atomic E-state index is 0.0106. The number of ether oxygens (including phenoxy) is 3. The summed E-state index contributed by atoms with van der Waals surface area (Å²) >= 11 is 0. The Balaban J connectivity index is 1.60. The predicted octanol–water partition coefficient (Wildman–Crippen LogP) is 6.47. The topological polar surface area (TPSA) is 147 Å². The van der Waals surface area contributed by atoms with Gasteiger partial charge in [-0.15, -0.1) is 0 Å². The fraction of sp³-hybridized carbons (Fsp3) is 0.459. The molecule has 4 rings (SSSR count). The molecule has 1 heterocycles. The Labute approximate surface area is 308 Å². The molecule has 1 aliphatic rings. The third-order valence-corrected chi connectivity index (χ3v) is 10.8. The van der Waals surface area contributed by atoms with Crippen LogP contribution in [-0.4, -0.2) is 93.4 Å². The van der Waals surface area contributed by atoms with Gasteiger partial charge in [0.15, 0.2) is 0 Å². The highest BCUT2D eigenvalue weighted by molar-refractivity contribution is 7.89. The summed E-state index contributed by atoms with van der Waals surface area (Å²) in [5, 5.41) is 15.3. The van der Waals surface area contributed by atoms with E-state index in [1.165, 1.54) is 41.6 Å². The van der Waals surface area contributed by atoms with Crippen molar-refractivity contribution in [2.24, 2.45) is 5.92 Å². The molecule has 0 bridgehead atoms. The molecule has 3 amide bonds. The molecule has 4 atom stereocenters. The number of fused-ring (bicyclic) bond motifs is 1. The zero-order chi connectivity index (χ0) is 38.9. The number of hydrogen-bond donors (Lipinski definition) is 3. The predicted molar refractivity (Wildman–Crippen MR) is 194 cm³/mol. The Bertz CT molecular complexity index is 1790. The molecule has 0 spiro atoms. The fourth-order valence-electron chi connectivity index (χ4n) is 5.78. The van der Waals surface area contributed by atoms with E-state index in [9.17, 15) is 36.3 Å². The summed E-state index contributed by atoms with van der Waals surface area (Å²) in [6, 6.07) is 13.1. The minimum Gasteiger partial charge on any atom is -0.497 e. The third kappa shape index (κ3) is 11.1. The van der Waals surface area contributed by atoms with Gasteiger partial charge in [0.25, 0.3) is 5.91 Å². The van der Waals surface area contributed by atoms with Gasteiger partial charge in [-0.1, -0.05) is 6.92 Å². The quantitative estimate of drug-likeness (QED) is 0.225. The molecular formula is C37H47F3N4O8S. The van der Waals surface area contributed by atoms with Crippen molar-refractivity contribution in [3.8, 4) is 11.5 Å². The highest BCUT2D eigenvalue weighted by Gasteiger charge is 2.33. The average Bonchev–Trinajstić information content (AvgIpc) is 3.12. The lowest BCUT2D eigenvalue weighted by Gasteiger charge is -2.35. The van der Waals surface area contributed by atoms with Crippen LogP contribution in [0.4, 0.5) is 29.3 Å². The van der Waals surface area contributed by atoms with Crippen LogP contribution in [0.3, 0.4) is 0 Å². The molecule has 3 aromatic carbocycles. The monoisotopic (exact) mass is 764 g/mol. The number of anilines is 2. The van der Waals surface area contributed by atoms with E-state index in [2.05, 4.69) is 10.6 Å². The number of nitrogens with zero attached hydrogens (tertiary/aromatic N) is 2. The first-order valence-corrected chi connectivity index (χ1v) is 18.7. The van der Waals surface area contributed by atoms with E-state index in [1.54, 1.807) is 31.2 Å². The molecule has 1 aliphatic heterocycles. The lowest BCUT2D eigenvalue weighted by atomic mass is 10.0. The number of carbonyl (C=O) groups excluding carboxylic acids is 2. The second kappa shape index (κ2) is 18.1. The van der Waals surface area contributed by atoms with Crippen LogP contribution < -0.4 is 20.1 Å². The summed E-state index contributed by atoms with van der Waals surface area (Å²) in [4.78, 5) is 28.8. The highest BCUT2D eigenvalue weighted by atomic mass is 32.2. The molecule has 0 aromatic heterocycles. The highest BCUT2D eigenvalue weighted by Crippen LogP contribution is 2.31. The number of nitrogens with one attached hydrogen (secondary N) is 2. The first kappa shape index (κ1) is 41.4. The van der Waals surface area contributed by atoms with Gasteiger partial charge in [0.1, 0.15) is 11.5 Å². The van der Waals surface area contributed by atoms with Crippen molar-refractivity contribution in [1.29, 1.82) is 0 Å². The molecule has 0 saturated heterocycles. The second-order valence-corrected chi connectivity index (χ2v) is 15.2. The van der Waals surface area contributed by atoms with Gasteiger partial charge in [-0.05, 0) is 99.8 Å². The molecule has 16 heteroatoms. The smallest absolute Gasteiger partial charge is 0.416 e. The Kier molecular flexibility index (Phi) is 14.1. The van der Waals surface area contributed by atoms with Crippen molar-refractivity contribution in [3.63, 3.8) is 0 Å². The summed E-state index contributed by atoms with van der Waals surface area (Å²) in [7, 11) is -0.947. The fourth-order valence-corrected chi connectivity index (χ4v) is 6.96. The Morgan fingerprint density at radius 2 is 1.68 bits per heavy atom. The zero-order valence-electron chi connectivity index (χ0n) is 30.4. The van der Waals surface area contributed by atoms with Gasteiger partial charge in [0.2, 0.25) is 10.0 Å². The lowest BCUT2D eigenvalue weighted by Crippen LogP contribution is -2.48. The van der Waals surface area contributed by atoms with Gasteiger partial charge in [-0.25, -0.2) is 13.2 Å². The lowest BCUT2D eigenvalue weighted by molar-refractivity contribution is -0.137. The molecule has 0 unspecified atom stereocenters. The Hall–Kier alpha value is -4.38. The summed E-state index contributed by atoms with van der Waals surface area (Å²) < 4.78 is 84.8. The number of carbonyl (C=O) groups is 2. The first-order valence-electron chi connectivity index (χ1n) is 17.2. The van der Waals surface area contributed by atoms with E-state index < -0.39 is 51.8 Å². The third-order valence-electron chi connectivity index (χ3n) is 8.98. The van der Waals surface area contributed by atoms with Crippen LogP contribution in [-0.2, 0) is 20.9 Å². The Morgan fingerprint density at radius 3 is 2.30 bits per heavy atom. The van der Waals surface area contributed by atoms with Crippen LogP contribution in [0, 0.1) is 5.92 Å². The summed E-state index contributed by atoms with van der Waals surface area (Å²) in [5.41, 5.74) is -0.430.